The van der Waals surface area contributed by atoms with E-state index in [2.05, 4.69) is 10.3 Å². The van der Waals surface area contributed by atoms with E-state index in [1.807, 2.05) is 4.90 Å². The summed E-state index contributed by atoms with van der Waals surface area (Å²) >= 11 is 7.29. The molecule has 2 atom stereocenters. The molecule has 25 heavy (non-hydrogen) atoms. The molecular formula is C18H18ClN3O2S. The van der Waals surface area contributed by atoms with E-state index in [0.717, 1.165) is 25.7 Å². The molecule has 0 aliphatic carbocycles. The van der Waals surface area contributed by atoms with E-state index in [0.29, 0.717) is 14.8 Å². The number of hydrogen-bond acceptors (Lipinski definition) is 4. The number of aromatic nitrogens is 1. The van der Waals surface area contributed by atoms with Gasteiger partial charge < -0.3 is 10.2 Å². The Labute approximate surface area is 155 Å². The van der Waals surface area contributed by atoms with Gasteiger partial charge in [-0.2, -0.15) is 0 Å². The first-order valence-electron chi connectivity index (χ1n) is 8.40. The average molecular weight is 376 g/mol. The van der Waals surface area contributed by atoms with Crippen LogP contribution < -0.4 is 5.32 Å². The molecule has 2 aliphatic heterocycles. The Morgan fingerprint density at radius 1 is 1.12 bits per heavy atom. The summed E-state index contributed by atoms with van der Waals surface area (Å²) in [5.74, 6) is -0.0000690. The van der Waals surface area contributed by atoms with E-state index in [1.165, 1.54) is 11.3 Å². The van der Waals surface area contributed by atoms with E-state index >= 15 is 0 Å². The minimum atomic E-state index is -0.0726. The van der Waals surface area contributed by atoms with Crippen molar-refractivity contribution in [2.24, 2.45) is 0 Å². The standard InChI is InChI=1S/C18H18ClN3O2S/c19-16-4-3-15(25-16)18(24)22-13-1-2-14(22)10-12(9-13)21-17(23)11-5-7-20-8-6-11/h3-8,12-14H,1-2,9-10H2,(H,21,23). The lowest BCUT2D eigenvalue weighted by Crippen LogP contribution is -2.52. The maximum Gasteiger partial charge on any atom is 0.264 e. The molecule has 2 unspecified atom stereocenters. The molecule has 4 rings (SSSR count). The number of pyridine rings is 1. The fraction of sp³-hybridized carbons (Fsp3) is 0.389. The fourth-order valence-corrected chi connectivity index (χ4v) is 4.94. The third-order valence-corrected chi connectivity index (χ3v) is 6.25. The molecule has 0 saturated carbocycles. The normalized spacial score (nSPS) is 25.0. The molecule has 2 aromatic rings. The second-order valence-corrected chi connectivity index (χ2v) is 8.29. The number of thiophene rings is 1. The van der Waals surface area contributed by atoms with Crippen LogP contribution in [0.15, 0.2) is 36.7 Å². The molecule has 2 aromatic heterocycles. The summed E-state index contributed by atoms with van der Waals surface area (Å²) in [5, 5.41) is 3.12. The van der Waals surface area contributed by atoms with Gasteiger partial charge >= 0.3 is 0 Å². The van der Waals surface area contributed by atoms with Gasteiger partial charge in [0.05, 0.1) is 9.21 Å². The highest BCUT2D eigenvalue weighted by molar-refractivity contribution is 7.17. The lowest BCUT2D eigenvalue weighted by atomic mass is 9.96. The third kappa shape index (κ3) is 3.28. The molecule has 2 bridgehead atoms. The largest absolute Gasteiger partial charge is 0.349 e. The van der Waals surface area contributed by atoms with Crippen LogP contribution in [0.4, 0.5) is 0 Å². The molecule has 5 nitrogen and oxygen atoms in total. The number of rotatable bonds is 3. The number of carbonyl (C=O) groups excluding carboxylic acids is 2. The number of halogens is 1. The van der Waals surface area contributed by atoms with Crippen molar-refractivity contribution in [2.75, 3.05) is 0 Å². The summed E-state index contributed by atoms with van der Waals surface area (Å²) in [6.07, 6.45) is 6.84. The van der Waals surface area contributed by atoms with Gasteiger partial charge in [-0.25, -0.2) is 0 Å². The van der Waals surface area contributed by atoms with Crippen molar-refractivity contribution in [3.05, 3.63) is 51.4 Å². The van der Waals surface area contributed by atoms with E-state index in [4.69, 9.17) is 11.6 Å². The van der Waals surface area contributed by atoms with Gasteiger partial charge in [0.2, 0.25) is 0 Å². The van der Waals surface area contributed by atoms with Gasteiger partial charge in [0.25, 0.3) is 11.8 Å². The first-order valence-corrected chi connectivity index (χ1v) is 9.60. The zero-order valence-corrected chi connectivity index (χ0v) is 15.1. The van der Waals surface area contributed by atoms with Crippen LogP contribution in [-0.2, 0) is 0 Å². The zero-order valence-electron chi connectivity index (χ0n) is 13.5. The first kappa shape index (κ1) is 16.5. The molecule has 2 aliphatic rings. The molecule has 0 aromatic carbocycles. The monoisotopic (exact) mass is 375 g/mol. The smallest absolute Gasteiger partial charge is 0.264 e. The van der Waals surface area contributed by atoms with Crippen LogP contribution in [0.3, 0.4) is 0 Å². The van der Waals surface area contributed by atoms with Crippen molar-refractivity contribution in [2.45, 2.75) is 43.8 Å². The van der Waals surface area contributed by atoms with Gasteiger partial charge in [-0.1, -0.05) is 11.6 Å². The summed E-state index contributed by atoms with van der Waals surface area (Å²) in [4.78, 5) is 31.8. The van der Waals surface area contributed by atoms with Gasteiger partial charge in [-0.3, -0.25) is 14.6 Å². The topological polar surface area (TPSA) is 62.3 Å². The number of nitrogens with one attached hydrogen (secondary N) is 1. The maximum atomic E-state index is 12.8. The predicted molar refractivity (Wildman–Crippen MR) is 97.0 cm³/mol. The Morgan fingerprint density at radius 3 is 2.40 bits per heavy atom. The molecule has 2 amide bonds. The van der Waals surface area contributed by atoms with Crippen molar-refractivity contribution in [3.8, 4) is 0 Å². The van der Waals surface area contributed by atoms with Crippen LogP contribution in [0.2, 0.25) is 4.34 Å². The van der Waals surface area contributed by atoms with E-state index in [-0.39, 0.29) is 29.9 Å². The highest BCUT2D eigenvalue weighted by Gasteiger charge is 2.44. The van der Waals surface area contributed by atoms with Crippen LogP contribution >= 0.6 is 22.9 Å². The van der Waals surface area contributed by atoms with Crippen molar-refractivity contribution in [3.63, 3.8) is 0 Å². The zero-order chi connectivity index (χ0) is 17.4. The van der Waals surface area contributed by atoms with Crippen molar-refractivity contribution in [1.29, 1.82) is 0 Å². The molecule has 1 N–H and O–H groups in total. The van der Waals surface area contributed by atoms with Crippen LogP contribution in [0.1, 0.15) is 45.7 Å². The van der Waals surface area contributed by atoms with Gasteiger partial charge in [0, 0.05) is 36.1 Å². The van der Waals surface area contributed by atoms with Gasteiger partial charge in [-0.15, -0.1) is 11.3 Å². The molecule has 4 heterocycles. The fourth-order valence-electron chi connectivity index (χ4n) is 3.95. The molecule has 0 radical (unpaired) electrons. The van der Waals surface area contributed by atoms with Gasteiger partial charge in [-0.05, 0) is 49.9 Å². The van der Waals surface area contributed by atoms with E-state index < -0.39 is 0 Å². The van der Waals surface area contributed by atoms with E-state index in [1.54, 1.807) is 36.7 Å². The Morgan fingerprint density at radius 2 is 1.80 bits per heavy atom. The van der Waals surface area contributed by atoms with Crippen LogP contribution in [-0.4, -0.2) is 39.8 Å². The number of fused-ring (bicyclic) bond motifs is 2. The highest BCUT2D eigenvalue weighted by Crippen LogP contribution is 2.38. The molecule has 2 fully saturated rings. The summed E-state index contributed by atoms with van der Waals surface area (Å²) in [6, 6.07) is 7.47. The van der Waals surface area contributed by atoms with Crippen molar-refractivity contribution >= 4 is 34.8 Å². The SMILES string of the molecule is O=C(NC1CC2CCC(C1)N2C(=O)c1ccc(Cl)s1)c1ccncc1. The Kier molecular flexibility index (Phi) is 4.48. The number of piperidine rings is 1. The molecular weight excluding hydrogens is 358 g/mol. The molecule has 130 valence electrons. The summed E-state index contributed by atoms with van der Waals surface area (Å²) in [6.45, 7) is 0. The maximum absolute atomic E-state index is 12.8. The first-order chi connectivity index (χ1) is 12.1. The van der Waals surface area contributed by atoms with Crippen LogP contribution in [0, 0.1) is 0 Å². The Balaban J connectivity index is 1.43. The van der Waals surface area contributed by atoms with Crippen molar-refractivity contribution in [1.82, 2.24) is 15.2 Å². The number of nitrogens with zero attached hydrogens (tertiary/aromatic N) is 2. The average Bonchev–Trinajstić information content (AvgIpc) is 3.16. The summed E-state index contributed by atoms with van der Waals surface area (Å²) in [7, 11) is 0. The van der Waals surface area contributed by atoms with Crippen molar-refractivity contribution < 1.29 is 9.59 Å². The quantitative estimate of drug-likeness (QED) is 0.894. The third-order valence-electron chi connectivity index (χ3n) is 5.03. The van der Waals surface area contributed by atoms with Gasteiger partial charge in [0.1, 0.15) is 0 Å². The number of amides is 2. The Hall–Kier alpha value is -1.92. The predicted octanol–water partition coefficient (Wildman–Crippen LogP) is 3.36. The van der Waals surface area contributed by atoms with Crippen LogP contribution in [0.5, 0.6) is 0 Å². The minimum Gasteiger partial charge on any atom is -0.349 e. The second kappa shape index (κ2) is 6.77. The molecule has 7 heteroatoms. The Bertz CT molecular complexity index is 781. The lowest BCUT2D eigenvalue weighted by molar-refractivity contribution is 0.0554. The van der Waals surface area contributed by atoms with Crippen LogP contribution in [0.25, 0.3) is 0 Å². The molecule has 0 spiro atoms. The number of carbonyl (C=O) groups is 2. The van der Waals surface area contributed by atoms with E-state index in [9.17, 15) is 9.59 Å². The summed E-state index contributed by atoms with van der Waals surface area (Å²) < 4.78 is 0.634. The second-order valence-electron chi connectivity index (χ2n) is 6.58. The van der Waals surface area contributed by atoms with Gasteiger partial charge in [0.15, 0.2) is 0 Å². The number of hydrogen-bond donors (Lipinski definition) is 1. The lowest BCUT2D eigenvalue weighted by Gasteiger charge is -2.39. The minimum absolute atomic E-state index is 0.0725. The highest BCUT2D eigenvalue weighted by atomic mass is 35.5. The molecule has 2 saturated heterocycles. The summed E-state index contributed by atoms with van der Waals surface area (Å²) in [5.41, 5.74) is 0.620.